The van der Waals surface area contributed by atoms with Gasteiger partial charge in [-0.05, 0) is 94.1 Å². The number of nitrogens with one attached hydrogen (secondary N) is 2. The van der Waals surface area contributed by atoms with Gasteiger partial charge in [-0.15, -0.1) is 0 Å². The highest BCUT2D eigenvalue weighted by atomic mass is 32.2. The van der Waals surface area contributed by atoms with Gasteiger partial charge in [0.1, 0.15) is 5.84 Å². The van der Waals surface area contributed by atoms with Crippen molar-refractivity contribution in [1.29, 1.82) is 5.41 Å². The molecule has 43 heavy (non-hydrogen) atoms. The summed E-state index contributed by atoms with van der Waals surface area (Å²) < 4.78 is 31.0. The number of nitrogens with two attached hydrogens (primary N) is 1. The van der Waals surface area contributed by atoms with Crippen LogP contribution in [-0.2, 0) is 16.6 Å². The molecular formula is C34H47N5O3S. The molecule has 2 atom stereocenters. The summed E-state index contributed by atoms with van der Waals surface area (Å²) in [5.41, 5.74) is 8.65. The van der Waals surface area contributed by atoms with Gasteiger partial charge in [0.25, 0.3) is 5.56 Å². The predicted octanol–water partition coefficient (Wildman–Crippen LogP) is 6.46. The molecule has 0 radical (unpaired) electrons. The molecule has 1 aromatic heterocycles. The average molecular weight is 606 g/mol. The van der Waals surface area contributed by atoms with Crippen LogP contribution < -0.4 is 16.0 Å². The fraction of sp³-hybridized carbons (Fsp3) is 0.529. The number of anilines is 1. The van der Waals surface area contributed by atoms with Crippen molar-refractivity contribution in [3.05, 3.63) is 64.4 Å². The van der Waals surface area contributed by atoms with Gasteiger partial charge in [-0.3, -0.25) is 19.8 Å². The SMILES string of the molecule is C[C@@H]1CCC[C@H](C)N1CCCCCn1c(=O)c(-c2cccc(C(=N)N)c2)cc2ccc(NS(=O)(=O)C3CCCCC3)cc21. The van der Waals surface area contributed by atoms with E-state index in [9.17, 15) is 13.2 Å². The molecule has 4 N–H and O–H groups in total. The number of sulfonamides is 1. The lowest BCUT2D eigenvalue weighted by molar-refractivity contribution is 0.101. The molecule has 0 unspecified atom stereocenters. The van der Waals surface area contributed by atoms with Gasteiger partial charge in [-0.25, -0.2) is 8.42 Å². The number of rotatable bonds is 11. The van der Waals surface area contributed by atoms with Crippen LogP contribution in [-0.4, -0.2) is 47.6 Å². The van der Waals surface area contributed by atoms with Crippen LogP contribution in [0.1, 0.15) is 90.0 Å². The first-order chi connectivity index (χ1) is 20.6. The average Bonchev–Trinajstić information content (AvgIpc) is 2.99. The van der Waals surface area contributed by atoms with E-state index in [-0.39, 0.29) is 16.6 Å². The van der Waals surface area contributed by atoms with Crippen molar-refractivity contribution in [2.75, 3.05) is 11.3 Å². The molecule has 3 aromatic rings. The van der Waals surface area contributed by atoms with Crippen molar-refractivity contribution in [3.8, 4) is 11.1 Å². The molecule has 1 saturated heterocycles. The molecule has 2 aromatic carbocycles. The topological polar surface area (TPSA) is 121 Å². The molecule has 8 nitrogen and oxygen atoms in total. The molecule has 0 spiro atoms. The number of likely N-dealkylation sites (tertiary alicyclic amines) is 1. The highest BCUT2D eigenvalue weighted by Gasteiger charge is 2.27. The van der Waals surface area contributed by atoms with Crippen molar-refractivity contribution in [3.63, 3.8) is 0 Å². The summed E-state index contributed by atoms with van der Waals surface area (Å²) >= 11 is 0. The van der Waals surface area contributed by atoms with Gasteiger partial charge in [0, 0.05) is 29.8 Å². The Morgan fingerprint density at radius 1 is 0.907 bits per heavy atom. The van der Waals surface area contributed by atoms with E-state index < -0.39 is 10.0 Å². The van der Waals surface area contributed by atoms with E-state index >= 15 is 0 Å². The third-order valence-electron chi connectivity index (χ3n) is 9.51. The highest BCUT2D eigenvalue weighted by molar-refractivity contribution is 7.93. The second-order valence-corrected chi connectivity index (χ2v) is 14.6. The fourth-order valence-corrected chi connectivity index (χ4v) is 8.57. The number of benzene rings is 2. The zero-order chi connectivity index (χ0) is 30.6. The number of unbranched alkanes of at least 4 members (excludes halogenated alkanes) is 2. The Morgan fingerprint density at radius 3 is 2.35 bits per heavy atom. The quantitative estimate of drug-likeness (QED) is 0.132. The van der Waals surface area contributed by atoms with Crippen LogP contribution in [0.2, 0.25) is 0 Å². The molecule has 2 heterocycles. The molecule has 1 aliphatic carbocycles. The van der Waals surface area contributed by atoms with Crippen molar-refractivity contribution in [1.82, 2.24) is 9.47 Å². The Balaban J connectivity index is 1.43. The lowest BCUT2D eigenvalue weighted by atomic mass is 9.97. The van der Waals surface area contributed by atoms with Gasteiger partial charge in [-0.2, -0.15) is 0 Å². The van der Waals surface area contributed by atoms with E-state index in [4.69, 9.17) is 11.1 Å². The van der Waals surface area contributed by atoms with Gasteiger partial charge in [0.05, 0.1) is 16.5 Å². The zero-order valence-corrected chi connectivity index (χ0v) is 26.5. The number of pyridine rings is 1. The molecule has 0 amide bonds. The Kier molecular flexibility index (Phi) is 9.92. The first-order valence-electron chi connectivity index (χ1n) is 16.0. The van der Waals surface area contributed by atoms with Crippen molar-refractivity contribution in [2.45, 2.75) is 108 Å². The van der Waals surface area contributed by atoms with E-state index in [0.29, 0.717) is 53.8 Å². The van der Waals surface area contributed by atoms with Gasteiger partial charge in [0.15, 0.2) is 0 Å². The monoisotopic (exact) mass is 605 g/mol. The summed E-state index contributed by atoms with van der Waals surface area (Å²) in [6.07, 6.45) is 11.1. The number of nitrogen functional groups attached to an aromatic ring is 1. The van der Waals surface area contributed by atoms with Gasteiger partial charge in [-0.1, -0.05) is 56.4 Å². The number of hydrogen-bond donors (Lipinski definition) is 3. The van der Waals surface area contributed by atoms with Crippen LogP contribution in [0, 0.1) is 5.41 Å². The number of aromatic nitrogens is 1. The number of nitrogens with zero attached hydrogens (tertiary/aromatic N) is 2. The first-order valence-corrected chi connectivity index (χ1v) is 17.6. The molecule has 1 saturated carbocycles. The summed E-state index contributed by atoms with van der Waals surface area (Å²) in [7, 11) is -3.51. The largest absolute Gasteiger partial charge is 0.384 e. The summed E-state index contributed by atoms with van der Waals surface area (Å²) in [5.74, 6) is -0.0461. The van der Waals surface area contributed by atoms with Gasteiger partial charge < -0.3 is 10.3 Å². The third kappa shape index (κ3) is 7.32. The number of hydrogen-bond acceptors (Lipinski definition) is 5. The predicted molar refractivity (Wildman–Crippen MR) is 177 cm³/mol. The summed E-state index contributed by atoms with van der Waals surface area (Å²) in [6, 6.07) is 15.8. The van der Waals surface area contributed by atoms with E-state index in [1.54, 1.807) is 22.8 Å². The van der Waals surface area contributed by atoms with Crippen LogP contribution in [0.3, 0.4) is 0 Å². The fourth-order valence-electron chi connectivity index (χ4n) is 7.00. The molecule has 2 aliphatic rings. The second kappa shape index (κ2) is 13.6. The summed E-state index contributed by atoms with van der Waals surface area (Å²) in [4.78, 5) is 16.7. The first kappa shape index (κ1) is 31.3. The standard InChI is InChI=1S/C34H47N5O3S/c1-24-11-9-12-25(2)38(24)19-7-4-8-20-39-32-23-29(37-43(41,42)30-15-5-3-6-16-30)18-17-27(32)22-31(34(39)40)26-13-10-14-28(21-26)33(35)36/h10,13-14,17-18,21-25,30,37H,3-9,11-12,15-16,19-20H2,1-2H3,(H3,35,36)/t24-,25+. The maximum absolute atomic E-state index is 14.0. The Bertz CT molecular complexity index is 1600. The van der Waals surface area contributed by atoms with E-state index in [2.05, 4.69) is 23.5 Å². The minimum Gasteiger partial charge on any atom is -0.384 e. The molecule has 232 valence electrons. The minimum absolute atomic E-state index is 0.0461. The van der Waals surface area contributed by atoms with Crippen LogP contribution in [0.5, 0.6) is 0 Å². The molecule has 1 aliphatic heterocycles. The Labute approximate surface area is 256 Å². The van der Waals surface area contributed by atoms with Crippen molar-refractivity contribution >= 4 is 32.4 Å². The zero-order valence-electron chi connectivity index (χ0n) is 25.6. The smallest absolute Gasteiger partial charge is 0.258 e. The van der Waals surface area contributed by atoms with E-state index in [1.807, 2.05) is 30.3 Å². The lowest BCUT2D eigenvalue weighted by Crippen LogP contribution is -2.44. The van der Waals surface area contributed by atoms with Gasteiger partial charge in [0.2, 0.25) is 10.0 Å². The third-order valence-corrected chi connectivity index (χ3v) is 11.4. The molecule has 0 bridgehead atoms. The molecule has 5 rings (SSSR count). The molecular weight excluding hydrogens is 558 g/mol. The minimum atomic E-state index is -3.51. The molecule has 9 heteroatoms. The van der Waals surface area contributed by atoms with Crippen LogP contribution >= 0.6 is 0 Å². The van der Waals surface area contributed by atoms with E-state index in [1.165, 1.54) is 19.3 Å². The van der Waals surface area contributed by atoms with Crippen LogP contribution in [0.15, 0.2) is 53.3 Å². The van der Waals surface area contributed by atoms with Crippen LogP contribution in [0.4, 0.5) is 5.69 Å². The Hall–Kier alpha value is -3.17. The summed E-state index contributed by atoms with van der Waals surface area (Å²) in [5, 5.41) is 8.34. The van der Waals surface area contributed by atoms with Crippen molar-refractivity contribution < 1.29 is 8.42 Å². The molecule has 2 fully saturated rings. The Morgan fingerprint density at radius 2 is 1.63 bits per heavy atom. The van der Waals surface area contributed by atoms with Gasteiger partial charge >= 0.3 is 0 Å². The number of fused-ring (bicyclic) bond motifs is 1. The number of aryl methyl sites for hydroxylation is 1. The van der Waals surface area contributed by atoms with Crippen molar-refractivity contribution in [2.24, 2.45) is 5.73 Å². The maximum atomic E-state index is 14.0. The maximum Gasteiger partial charge on any atom is 0.258 e. The second-order valence-electron chi connectivity index (χ2n) is 12.6. The normalized spacial score (nSPS) is 20.3. The summed E-state index contributed by atoms with van der Waals surface area (Å²) in [6.45, 7) is 6.27. The lowest BCUT2D eigenvalue weighted by Gasteiger charge is -2.39. The van der Waals surface area contributed by atoms with E-state index in [0.717, 1.165) is 56.0 Å². The highest BCUT2D eigenvalue weighted by Crippen LogP contribution is 2.29. The van der Waals surface area contributed by atoms with Crippen LogP contribution in [0.25, 0.3) is 22.0 Å². The number of piperidine rings is 1. The number of amidine groups is 1.